The van der Waals surface area contributed by atoms with Crippen LogP contribution in [0.15, 0.2) is 36.5 Å². The molecule has 5 nitrogen and oxygen atoms in total. The number of anilines is 1. The van der Waals surface area contributed by atoms with Crippen LogP contribution in [0.5, 0.6) is 5.75 Å². The fourth-order valence-electron chi connectivity index (χ4n) is 3.52. The highest BCUT2D eigenvalue weighted by Gasteiger charge is 2.17. The van der Waals surface area contributed by atoms with E-state index < -0.39 is 0 Å². The van der Waals surface area contributed by atoms with Gasteiger partial charge in [-0.05, 0) is 42.7 Å². The van der Waals surface area contributed by atoms with Crippen molar-refractivity contribution in [1.82, 2.24) is 9.97 Å². The summed E-state index contributed by atoms with van der Waals surface area (Å²) in [4.78, 5) is 11.8. The Morgan fingerprint density at radius 3 is 2.59 bits per heavy atom. The summed E-state index contributed by atoms with van der Waals surface area (Å²) in [7, 11) is 1.70. The number of fused-ring (bicyclic) bond motifs is 1. The van der Waals surface area contributed by atoms with Crippen LogP contribution in [0.25, 0.3) is 22.3 Å². The van der Waals surface area contributed by atoms with Crippen LogP contribution in [0.1, 0.15) is 18.1 Å². The monoisotopic (exact) mass is 363 g/mol. The molecule has 0 spiro atoms. The molecule has 3 heterocycles. The molecule has 1 aliphatic heterocycles. The van der Waals surface area contributed by atoms with Crippen LogP contribution in [0.3, 0.4) is 0 Å². The van der Waals surface area contributed by atoms with E-state index in [9.17, 15) is 0 Å². The molecule has 2 aromatic heterocycles. The topological polar surface area (TPSA) is 47.5 Å². The summed E-state index contributed by atoms with van der Waals surface area (Å²) in [6.07, 6.45) is 2.91. The van der Waals surface area contributed by atoms with Gasteiger partial charge in [-0.2, -0.15) is 0 Å². The number of ether oxygens (including phenoxy) is 2. The van der Waals surface area contributed by atoms with Crippen molar-refractivity contribution in [2.24, 2.45) is 0 Å². The Balaban J connectivity index is 1.81. The molecule has 0 aliphatic carbocycles. The van der Waals surface area contributed by atoms with E-state index in [1.165, 1.54) is 11.1 Å². The third kappa shape index (κ3) is 3.47. The van der Waals surface area contributed by atoms with E-state index in [0.717, 1.165) is 66.5 Å². The van der Waals surface area contributed by atoms with Gasteiger partial charge in [0, 0.05) is 36.4 Å². The minimum atomic E-state index is 0.760. The fraction of sp³-hybridized carbons (Fsp3) is 0.364. The van der Waals surface area contributed by atoms with E-state index >= 15 is 0 Å². The van der Waals surface area contributed by atoms with Gasteiger partial charge in [-0.15, -0.1) is 0 Å². The van der Waals surface area contributed by atoms with E-state index in [4.69, 9.17) is 14.5 Å². The highest BCUT2D eigenvalue weighted by molar-refractivity contribution is 5.92. The maximum atomic E-state index is 5.70. The van der Waals surface area contributed by atoms with Crippen molar-refractivity contribution in [1.29, 1.82) is 0 Å². The molecule has 4 rings (SSSR count). The maximum absolute atomic E-state index is 5.70. The molecule has 1 saturated heterocycles. The van der Waals surface area contributed by atoms with Gasteiger partial charge in [0.05, 0.1) is 31.7 Å². The number of pyridine rings is 2. The summed E-state index contributed by atoms with van der Waals surface area (Å²) in [6.45, 7) is 7.56. The molecule has 1 fully saturated rings. The lowest BCUT2D eigenvalue weighted by atomic mass is 10.0. The van der Waals surface area contributed by atoms with E-state index in [1.807, 2.05) is 12.3 Å². The number of benzene rings is 1. The van der Waals surface area contributed by atoms with Crippen molar-refractivity contribution in [3.63, 3.8) is 0 Å². The summed E-state index contributed by atoms with van der Waals surface area (Å²) in [5.41, 5.74) is 6.20. The Kier molecular flexibility index (Phi) is 4.94. The minimum absolute atomic E-state index is 0.760. The lowest BCUT2D eigenvalue weighted by Crippen LogP contribution is -2.36. The number of aryl methyl sites for hydroxylation is 2. The molecule has 0 unspecified atom stereocenters. The molecule has 0 radical (unpaired) electrons. The van der Waals surface area contributed by atoms with Crippen molar-refractivity contribution < 1.29 is 9.47 Å². The van der Waals surface area contributed by atoms with Crippen LogP contribution in [0.4, 0.5) is 5.69 Å². The molecule has 0 atom stereocenters. The van der Waals surface area contributed by atoms with Crippen LogP contribution in [0.2, 0.25) is 0 Å². The second-order valence-electron chi connectivity index (χ2n) is 6.87. The minimum Gasteiger partial charge on any atom is -0.494 e. The number of hydrogen-bond donors (Lipinski definition) is 0. The first-order chi connectivity index (χ1) is 13.2. The Morgan fingerprint density at radius 2 is 1.93 bits per heavy atom. The molecule has 3 aromatic rings. The summed E-state index contributed by atoms with van der Waals surface area (Å²) in [5, 5.41) is 1.12. The van der Waals surface area contributed by atoms with E-state index in [2.05, 4.69) is 48.0 Å². The highest BCUT2D eigenvalue weighted by atomic mass is 16.5. The van der Waals surface area contributed by atoms with Crippen LogP contribution < -0.4 is 9.64 Å². The zero-order chi connectivity index (χ0) is 18.8. The van der Waals surface area contributed by atoms with Crippen molar-refractivity contribution >= 4 is 16.6 Å². The van der Waals surface area contributed by atoms with E-state index in [-0.39, 0.29) is 0 Å². The Hall–Kier alpha value is -2.66. The summed E-state index contributed by atoms with van der Waals surface area (Å²) in [6, 6.07) is 10.6. The Labute approximate surface area is 160 Å². The number of methoxy groups -OCH3 is 1. The van der Waals surface area contributed by atoms with Gasteiger partial charge in [-0.1, -0.05) is 13.0 Å². The SMILES string of the molecule is CCc1ccc(-c2cc(C)c3cc(N4CCOCC4)cc(OC)c3n2)nc1. The lowest BCUT2D eigenvalue weighted by Gasteiger charge is -2.29. The van der Waals surface area contributed by atoms with Gasteiger partial charge in [0.25, 0.3) is 0 Å². The van der Waals surface area contributed by atoms with Gasteiger partial charge in [0.1, 0.15) is 11.3 Å². The van der Waals surface area contributed by atoms with Crippen molar-refractivity contribution in [2.75, 3.05) is 38.3 Å². The largest absolute Gasteiger partial charge is 0.494 e. The number of aromatic nitrogens is 2. The fourth-order valence-corrected chi connectivity index (χ4v) is 3.52. The third-order valence-electron chi connectivity index (χ3n) is 5.16. The van der Waals surface area contributed by atoms with Gasteiger partial charge in [0.15, 0.2) is 0 Å². The average Bonchev–Trinajstić information content (AvgIpc) is 2.73. The van der Waals surface area contributed by atoms with Crippen LogP contribution >= 0.6 is 0 Å². The molecule has 5 heteroatoms. The summed E-state index contributed by atoms with van der Waals surface area (Å²) >= 11 is 0. The zero-order valence-corrected chi connectivity index (χ0v) is 16.2. The standard InChI is InChI=1S/C22H25N3O2/c1-4-16-5-6-19(23-14-16)20-11-15(2)18-12-17(25-7-9-27-10-8-25)13-21(26-3)22(18)24-20/h5-6,11-14H,4,7-10H2,1-3H3. The molecule has 1 aliphatic rings. The molecule has 0 bridgehead atoms. The summed E-state index contributed by atoms with van der Waals surface area (Å²) in [5.74, 6) is 0.795. The van der Waals surface area contributed by atoms with Gasteiger partial charge < -0.3 is 14.4 Å². The lowest BCUT2D eigenvalue weighted by molar-refractivity contribution is 0.122. The van der Waals surface area contributed by atoms with Crippen LogP contribution in [-0.4, -0.2) is 43.4 Å². The molecule has 1 aromatic carbocycles. The van der Waals surface area contributed by atoms with Gasteiger partial charge in [0.2, 0.25) is 0 Å². The van der Waals surface area contributed by atoms with Crippen LogP contribution in [-0.2, 0) is 11.2 Å². The molecule has 0 amide bonds. The van der Waals surface area contributed by atoms with Gasteiger partial charge >= 0.3 is 0 Å². The van der Waals surface area contributed by atoms with E-state index in [0.29, 0.717) is 0 Å². The maximum Gasteiger partial charge on any atom is 0.147 e. The number of hydrogen-bond acceptors (Lipinski definition) is 5. The Bertz CT molecular complexity index is 948. The number of rotatable bonds is 4. The second-order valence-corrected chi connectivity index (χ2v) is 6.87. The first-order valence-electron chi connectivity index (χ1n) is 9.47. The van der Waals surface area contributed by atoms with Crippen molar-refractivity contribution in [2.45, 2.75) is 20.3 Å². The highest BCUT2D eigenvalue weighted by Crippen LogP contribution is 2.34. The van der Waals surface area contributed by atoms with Gasteiger partial charge in [-0.3, -0.25) is 4.98 Å². The number of nitrogens with zero attached hydrogens (tertiary/aromatic N) is 3. The third-order valence-corrected chi connectivity index (χ3v) is 5.16. The molecular weight excluding hydrogens is 338 g/mol. The van der Waals surface area contributed by atoms with Crippen LogP contribution in [0, 0.1) is 6.92 Å². The predicted molar refractivity (Wildman–Crippen MR) is 109 cm³/mol. The molecule has 0 saturated carbocycles. The predicted octanol–water partition coefficient (Wildman–Crippen LogP) is 4.01. The normalized spacial score (nSPS) is 14.6. The van der Waals surface area contributed by atoms with E-state index in [1.54, 1.807) is 7.11 Å². The second kappa shape index (κ2) is 7.53. The summed E-state index contributed by atoms with van der Waals surface area (Å²) < 4.78 is 11.2. The number of morpholine rings is 1. The van der Waals surface area contributed by atoms with Gasteiger partial charge in [-0.25, -0.2) is 4.98 Å². The average molecular weight is 363 g/mol. The molecule has 0 N–H and O–H groups in total. The smallest absolute Gasteiger partial charge is 0.147 e. The molecule has 27 heavy (non-hydrogen) atoms. The zero-order valence-electron chi connectivity index (χ0n) is 16.2. The Morgan fingerprint density at radius 1 is 1.11 bits per heavy atom. The quantitative estimate of drug-likeness (QED) is 0.701. The molecular formula is C22H25N3O2. The van der Waals surface area contributed by atoms with Crippen molar-refractivity contribution in [3.05, 3.63) is 47.7 Å². The molecule has 140 valence electrons. The van der Waals surface area contributed by atoms with Crippen molar-refractivity contribution in [3.8, 4) is 17.1 Å². The first kappa shape index (κ1) is 17.7. The first-order valence-corrected chi connectivity index (χ1v) is 9.47.